The van der Waals surface area contributed by atoms with Crippen LogP contribution in [0.5, 0.6) is 0 Å². The first-order valence-corrected chi connectivity index (χ1v) is 7.96. The van der Waals surface area contributed by atoms with Crippen LogP contribution in [0.4, 0.5) is 0 Å². The van der Waals surface area contributed by atoms with Gasteiger partial charge in [-0.25, -0.2) is 4.79 Å². The predicted molar refractivity (Wildman–Crippen MR) is 89.2 cm³/mol. The van der Waals surface area contributed by atoms with Crippen molar-refractivity contribution in [2.75, 3.05) is 20.6 Å². The average molecular weight is 323 g/mol. The quantitative estimate of drug-likeness (QED) is 0.776. The minimum atomic E-state index is -0.329. The van der Waals surface area contributed by atoms with Crippen molar-refractivity contribution >= 4 is 27.3 Å². The minimum Gasteiger partial charge on any atom is -0.309 e. The standard InChI is InChI=1S/C15H21N3O3S/c1-9-11-13(20)17(5)15(21)18(8-6-7-16(3)4)14(11)22-12(9)10(2)19/h6-8H2,1-5H3. The maximum atomic E-state index is 12.4. The van der Waals surface area contributed by atoms with Gasteiger partial charge in [-0.1, -0.05) is 0 Å². The number of aromatic nitrogens is 2. The van der Waals surface area contributed by atoms with Crippen molar-refractivity contribution < 1.29 is 4.79 Å². The summed E-state index contributed by atoms with van der Waals surface area (Å²) in [5, 5.41) is 0.488. The first-order chi connectivity index (χ1) is 10.3. The highest BCUT2D eigenvalue weighted by molar-refractivity contribution is 7.20. The van der Waals surface area contributed by atoms with Crippen LogP contribution in [0, 0.1) is 6.92 Å². The van der Waals surface area contributed by atoms with E-state index in [4.69, 9.17) is 0 Å². The summed E-state index contributed by atoms with van der Waals surface area (Å²) >= 11 is 1.24. The van der Waals surface area contributed by atoms with E-state index < -0.39 is 0 Å². The highest BCUT2D eigenvalue weighted by Crippen LogP contribution is 2.28. The number of ketones is 1. The molecule has 0 aliphatic carbocycles. The van der Waals surface area contributed by atoms with Gasteiger partial charge in [-0.05, 0) is 46.5 Å². The van der Waals surface area contributed by atoms with Crippen molar-refractivity contribution in [3.8, 4) is 0 Å². The van der Waals surface area contributed by atoms with E-state index in [2.05, 4.69) is 0 Å². The number of thiophene rings is 1. The Kier molecular flexibility index (Phi) is 4.67. The predicted octanol–water partition coefficient (Wildman–Crippen LogP) is 1.22. The average Bonchev–Trinajstić information content (AvgIpc) is 2.77. The topological polar surface area (TPSA) is 64.3 Å². The Morgan fingerprint density at radius 3 is 2.45 bits per heavy atom. The van der Waals surface area contributed by atoms with Crippen LogP contribution in [-0.2, 0) is 13.6 Å². The van der Waals surface area contributed by atoms with Gasteiger partial charge < -0.3 is 4.90 Å². The van der Waals surface area contributed by atoms with Crippen molar-refractivity contribution in [1.29, 1.82) is 0 Å². The summed E-state index contributed by atoms with van der Waals surface area (Å²) in [4.78, 5) is 39.7. The van der Waals surface area contributed by atoms with E-state index >= 15 is 0 Å². The molecule has 0 radical (unpaired) electrons. The fourth-order valence-corrected chi connectivity index (χ4v) is 3.76. The van der Waals surface area contributed by atoms with Gasteiger partial charge in [0.2, 0.25) is 0 Å². The molecular formula is C15H21N3O3S. The third-order valence-corrected chi connectivity index (χ3v) is 5.13. The van der Waals surface area contributed by atoms with Gasteiger partial charge in [0, 0.05) is 13.6 Å². The van der Waals surface area contributed by atoms with Gasteiger partial charge in [0.25, 0.3) is 5.56 Å². The van der Waals surface area contributed by atoms with Crippen LogP contribution < -0.4 is 11.2 Å². The van der Waals surface area contributed by atoms with E-state index in [9.17, 15) is 14.4 Å². The number of hydrogen-bond acceptors (Lipinski definition) is 5. The summed E-state index contributed by atoms with van der Waals surface area (Å²) in [5.74, 6) is -0.0759. The highest BCUT2D eigenvalue weighted by atomic mass is 32.1. The molecule has 0 spiro atoms. The lowest BCUT2D eigenvalue weighted by Gasteiger charge is -2.12. The minimum absolute atomic E-state index is 0.0759. The van der Waals surface area contributed by atoms with Crippen molar-refractivity contribution in [3.05, 3.63) is 31.3 Å². The molecule has 0 aliphatic heterocycles. The second-order valence-corrected chi connectivity index (χ2v) is 6.75. The SMILES string of the molecule is CC(=O)c1sc2c(c1C)c(=O)n(C)c(=O)n2CCCN(C)C. The molecule has 7 heteroatoms. The van der Waals surface area contributed by atoms with E-state index in [-0.39, 0.29) is 17.0 Å². The molecule has 0 aliphatic rings. The molecular weight excluding hydrogens is 302 g/mol. The van der Waals surface area contributed by atoms with Crippen LogP contribution in [0.1, 0.15) is 28.6 Å². The molecule has 0 unspecified atom stereocenters. The van der Waals surface area contributed by atoms with Gasteiger partial charge in [-0.15, -0.1) is 11.3 Å². The van der Waals surface area contributed by atoms with Crippen molar-refractivity contribution in [2.45, 2.75) is 26.8 Å². The fraction of sp³-hybridized carbons (Fsp3) is 0.533. The third kappa shape index (κ3) is 2.78. The number of fused-ring (bicyclic) bond motifs is 1. The van der Waals surface area contributed by atoms with Crippen molar-refractivity contribution in [1.82, 2.24) is 14.0 Å². The molecule has 0 amide bonds. The van der Waals surface area contributed by atoms with Crippen LogP contribution in [0.15, 0.2) is 9.59 Å². The molecule has 2 aromatic heterocycles. The zero-order valence-electron chi connectivity index (χ0n) is 13.6. The number of carbonyl (C=O) groups excluding carboxylic acids is 1. The monoisotopic (exact) mass is 323 g/mol. The summed E-state index contributed by atoms with van der Waals surface area (Å²) in [6, 6.07) is 0. The van der Waals surface area contributed by atoms with Crippen LogP contribution in [0.2, 0.25) is 0 Å². The number of rotatable bonds is 5. The number of hydrogen-bond donors (Lipinski definition) is 0. The molecule has 0 bridgehead atoms. The van der Waals surface area contributed by atoms with E-state index in [0.29, 0.717) is 27.2 Å². The van der Waals surface area contributed by atoms with Crippen LogP contribution in [0.3, 0.4) is 0 Å². The van der Waals surface area contributed by atoms with Crippen LogP contribution >= 0.6 is 11.3 Å². The summed E-state index contributed by atoms with van der Waals surface area (Å²) in [6.07, 6.45) is 0.798. The van der Waals surface area contributed by atoms with Crippen LogP contribution in [0.25, 0.3) is 10.2 Å². The first kappa shape index (κ1) is 16.6. The molecule has 120 valence electrons. The summed E-state index contributed by atoms with van der Waals surface area (Å²) < 4.78 is 2.74. The van der Waals surface area contributed by atoms with Gasteiger partial charge in [-0.2, -0.15) is 0 Å². The van der Waals surface area contributed by atoms with Gasteiger partial charge in [0.1, 0.15) is 4.83 Å². The van der Waals surface area contributed by atoms with E-state index in [0.717, 1.165) is 17.5 Å². The van der Waals surface area contributed by atoms with Gasteiger partial charge in [0.15, 0.2) is 5.78 Å². The molecule has 0 aromatic carbocycles. The Hall–Kier alpha value is -1.73. The Morgan fingerprint density at radius 2 is 1.91 bits per heavy atom. The molecule has 22 heavy (non-hydrogen) atoms. The zero-order chi connectivity index (χ0) is 16.6. The Bertz CT molecular complexity index is 842. The Balaban J connectivity index is 2.69. The molecule has 0 saturated carbocycles. The Morgan fingerprint density at radius 1 is 1.27 bits per heavy atom. The zero-order valence-corrected chi connectivity index (χ0v) is 14.4. The number of aryl methyl sites for hydroxylation is 2. The normalized spacial score (nSPS) is 11.5. The van der Waals surface area contributed by atoms with E-state index in [1.807, 2.05) is 19.0 Å². The van der Waals surface area contributed by atoms with Gasteiger partial charge >= 0.3 is 5.69 Å². The molecule has 2 heterocycles. The summed E-state index contributed by atoms with van der Waals surface area (Å²) in [6.45, 7) is 4.63. The summed E-state index contributed by atoms with van der Waals surface area (Å²) in [7, 11) is 5.43. The molecule has 2 rings (SSSR count). The van der Waals surface area contributed by atoms with Crippen LogP contribution in [-0.4, -0.2) is 40.5 Å². The molecule has 0 atom stereocenters. The molecule has 0 N–H and O–H groups in total. The lowest BCUT2D eigenvalue weighted by Crippen LogP contribution is -2.38. The second kappa shape index (κ2) is 6.18. The molecule has 2 aromatic rings. The smallest absolute Gasteiger partial charge is 0.309 e. The molecule has 0 saturated heterocycles. The van der Waals surface area contributed by atoms with E-state index in [1.54, 1.807) is 11.5 Å². The second-order valence-electron chi connectivity index (χ2n) is 5.75. The van der Waals surface area contributed by atoms with E-state index in [1.165, 1.54) is 25.3 Å². The maximum Gasteiger partial charge on any atom is 0.331 e. The Labute approximate surface area is 132 Å². The highest BCUT2D eigenvalue weighted by Gasteiger charge is 2.20. The molecule has 6 nitrogen and oxygen atoms in total. The lowest BCUT2D eigenvalue weighted by molar-refractivity contribution is 0.102. The van der Waals surface area contributed by atoms with Crippen molar-refractivity contribution in [3.63, 3.8) is 0 Å². The van der Waals surface area contributed by atoms with Gasteiger partial charge in [-0.3, -0.25) is 18.7 Å². The lowest BCUT2D eigenvalue weighted by atomic mass is 10.2. The molecule has 0 fully saturated rings. The number of nitrogens with zero attached hydrogens (tertiary/aromatic N) is 3. The third-order valence-electron chi connectivity index (χ3n) is 3.72. The largest absolute Gasteiger partial charge is 0.331 e. The fourth-order valence-electron chi connectivity index (χ4n) is 2.54. The number of carbonyl (C=O) groups is 1. The van der Waals surface area contributed by atoms with Gasteiger partial charge in [0.05, 0.1) is 10.3 Å². The summed E-state index contributed by atoms with van der Waals surface area (Å²) in [5.41, 5.74) is 0.0205. The van der Waals surface area contributed by atoms with Crippen molar-refractivity contribution in [2.24, 2.45) is 7.05 Å². The first-order valence-electron chi connectivity index (χ1n) is 7.14. The number of Topliss-reactive ketones (excluding diaryl/α,β-unsaturated/α-hetero) is 1. The maximum absolute atomic E-state index is 12.4.